The van der Waals surface area contributed by atoms with Gasteiger partial charge in [0.15, 0.2) is 11.6 Å². The van der Waals surface area contributed by atoms with Crippen LogP contribution in [0, 0.1) is 29.3 Å². The number of halogens is 5. The topological polar surface area (TPSA) is 12.9 Å². The lowest BCUT2D eigenvalue weighted by Gasteiger charge is -2.11. The molecule has 0 aliphatic heterocycles. The molecule has 0 radical (unpaired) electrons. The van der Waals surface area contributed by atoms with Crippen molar-refractivity contribution in [1.82, 2.24) is 4.98 Å². The Labute approximate surface area is 105 Å². The van der Waals surface area contributed by atoms with Gasteiger partial charge < -0.3 is 0 Å². The number of hydrogen-bond acceptors (Lipinski definition) is 1. The number of pyridine rings is 1. The molecule has 0 aliphatic rings. The van der Waals surface area contributed by atoms with Gasteiger partial charge in [0.1, 0.15) is 5.82 Å². The van der Waals surface area contributed by atoms with Crippen LogP contribution in [-0.2, 0) is 6.42 Å². The third-order valence-electron chi connectivity index (χ3n) is 2.72. The van der Waals surface area contributed by atoms with Crippen LogP contribution in [0.4, 0.5) is 22.0 Å². The monoisotopic (exact) mass is 273 g/mol. The molecule has 0 atom stereocenters. The van der Waals surface area contributed by atoms with E-state index in [4.69, 9.17) is 0 Å². The Bertz CT molecular complexity index is 613. The van der Waals surface area contributed by atoms with Crippen LogP contribution in [0.25, 0.3) is 11.1 Å². The van der Waals surface area contributed by atoms with Gasteiger partial charge in [-0.3, -0.25) is 0 Å². The van der Waals surface area contributed by atoms with Gasteiger partial charge in [0.2, 0.25) is 0 Å². The van der Waals surface area contributed by atoms with Gasteiger partial charge in [-0.15, -0.1) is 0 Å². The predicted molar refractivity (Wildman–Crippen MR) is 58.8 cm³/mol. The summed E-state index contributed by atoms with van der Waals surface area (Å²) in [5.41, 5.74) is -0.803. The molecule has 0 bridgehead atoms. The summed E-state index contributed by atoms with van der Waals surface area (Å²) in [7, 11) is 0. The Morgan fingerprint density at radius 2 is 1.53 bits per heavy atom. The first-order valence-electron chi connectivity index (χ1n) is 5.44. The highest BCUT2D eigenvalue weighted by atomic mass is 19.2. The second-order valence-electron chi connectivity index (χ2n) is 3.85. The van der Waals surface area contributed by atoms with Gasteiger partial charge in [0.05, 0.1) is 5.56 Å². The summed E-state index contributed by atoms with van der Waals surface area (Å²) in [6, 6.07) is 3.24. The largest absolute Gasteiger partial charge is 0.252 e. The van der Waals surface area contributed by atoms with Crippen LogP contribution in [0.15, 0.2) is 18.2 Å². The van der Waals surface area contributed by atoms with E-state index in [1.165, 1.54) is 6.07 Å². The maximum atomic E-state index is 13.6. The summed E-state index contributed by atoms with van der Waals surface area (Å²) in [6.07, 6.45) is 0.319. The molecule has 19 heavy (non-hydrogen) atoms. The van der Waals surface area contributed by atoms with Crippen LogP contribution in [0.2, 0.25) is 0 Å². The predicted octanol–water partition coefficient (Wildman–Crippen LogP) is 4.01. The van der Waals surface area contributed by atoms with E-state index in [2.05, 4.69) is 4.98 Å². The third-order valence-corrected chi connectivity index (χ3v) is 2.72. The molecule has 1 aromatic carbocycles. The molecule has 0 amide bonds. The lowest BCUT2D eigenvalue weighted by Crippen LogP contribution is -2.04. The van der Waals surface area contributed by atoms with Crippen molar-refractivity contribution in [2.45, 2.75) is 13.3 Å². The lowest BCUT2D eigenvalue weighted by atomic mass is 9.98. The zero-order valence-corrected chi connectivity index (χ0v) is 9.78. The zero-order valence-electron chi connectivity index (χ0n) is 9.78. The number of hydrogen-bond donors (Lipinski definition) is 0. The summed E-state index contributed by atoms with van der Waals surface area (Å²) < 4.78 is 66.5. The van der Waals surface area contributed by atoms with E-state index in [1.54, 1.807) is 6.92 Å². The molecule has 100 valence electrons. The molecule has 0 fully saturated rings. The molecule has 0 saturated heterocycles. The standard InChI is InChI=1S/C13H8F5N/c1-2-6-3-4-7(14)5-8(6)9-10(15)12(17)19-13(18)11(9)16/h3-5H,2H2,1H3. The molecule has 0 aliphatic carbocycles. The average molecular weight is 273 g/mol. The Hall–Kier alpha value is -1.98. The molecule has 0 unspecified atom stereocenters. The summed E-state index contributed by atoms with van der Waals surface area (Å²) in [5.74, 6) is -7.57. The van der Waals surface area contributed by atoms with Crippen molar-refractivity contribution in [1.29, 1.82) is 0 Å². The second kappa shape index (κ2) is 4.95. The number of rotatable bonds is 2. The number of benzene rings is 1. The Morgan fingerprint density at radius 1 is 0.947 bits per heavy atom. The maximum absolute atomic E-state index is 13.6. The average Bonchev–Trinajstić information content (AvgIpc) is 2.37. The molecule has 0 saturated carbocycles. The first kappa shape index (κ1) is 13.5. The Balaban J connectivity index is 2.82. The molecule has 1 aromatic heterocycles. The van der Waals surface area contributed by atoms with Crippen molar-refractivity contribution in [3.05, 3.63) is 53.1 Å². The highest BCUT2D eigenvalue weighted by Gasteiger charge is 2.23. The third kappa shape index (κ3) is 2.30. The van der Waals surface area contributed by atoms with Gasteiger partial charge in [-0.2, -0.15) is 13.8 Å². The van der Waals surface area contributed by atoms with E-state index in [0.717, 1.165) is 12.1 Å². The zero-order chi connectivity index (χ0) is 14.2. The quantitative estimate of drug-likeness (QED) is 0.595. The van der Waals surface area contributed by atoms with Crippen LogP contribution in [0.5, 0.6) is 0 Å². The van der Waals surface area contributed by atoms with Crippen molar-refractivity contribution in [2.75, 3.05) is 0 Å². The van der Waals surface area contributed by atoms with Gasteiger partial charge in [-0.05, 0) is 29.7 Å². The second-order valence-corrected chi connectivity index (χ2v) is 3.85. The summed E-state index contributed by atoms with van der Waals surface area (Å²) in [5, 5.41) is 0. The molecule has 6 heteroatoms. The minimum absolute atomic E-state index is 0.224. The van der Waals surface area contributed by atoms with E-state index < -0.39 is 34.9 Å². The van der Waals surface area contributed by atoms with Crippen LogP contribution < -0.4 is 0 Å². The van der Waals surface area contributed by atoms with Crippen LogP contribution >= 0.6 is 0 Å². The van der Waals surface area contributed by atoms with E-state index in [0.29, 0.717) is 12.0 Å². The van der Waals surface area contributed by atoms with Crippen LogP contribution in [0.1, 0.15) is 12.5 Å². The van der Waals surface area contributed by atoms with Gasteiger partial charge in [0, 0.05) is 0 Å². The van der Waals surface area contributed by atoms with Crippen LogP contribution in [0.3, 0.4) is 0 Å². The number of nitrogens with zero attached hydrogens (tertiary/aromatic N) is 1. The minimum Gasteiger partial charge on any atom is -0.207 e. The first-order valence-corrected chi connectivity index (χ1v) is 5.44. The fourth-order valence-electron chi connectivity index (χ4n) is 1.81. The van der Waals surface area contributed by atoms with Gasteiger partial charge >= 0.3 is 0 Å². The van der Waals surface area contributed by atoms with E-state index in [1.807, 2.05) is 0 Å². The van der Waals surface area contributed by atoms with Crippen molar-refractivity contribution in [2.24, 2.45) is 0 Å². The molecule has 1 heterocycles. The summed E-state index contributed by atoms with van der Waals surface area (Å²) in [6.45, 7) is 1.67. The molecule has 2 rings (SSSR count). The summed E-state index contributed by atoms with van der Waals surface area (Å²) in [4.78, 5) is 2.46. The number of aryl methyl sites for hydroxylation is 1. The smallest absolute Gasteiger partial charge is 0.207 e. The molecule has 1 nitrogen and oxygen atoms in total. The first-order chi connectivity index (χ1) is 8.95. The summed E-state index contributed by atoms with van der Waals surface area (Å²) >= 11 is 0. The van der Waals surface area contributed by atoms with E-state index in [9.17, 15) is 22.0 Å². The maximum Gasteiger partial charge on any atom is 0.252 e. The highest BCUT2D eigenvalue weighted by Crippen LogP contribution is 2.31. The van der Waals surface area contributed by atoms with Crippen molar-refractivity contribution in [3.8, 4) is 11.1 Å². The molecule has 2 aromatic rings. The van der Waals surface area contributed by atoms with Crippen LogP contribution in [-0.4, -0.2) is 4.98 Å². The normalized spacial score (nSPS) is 10.8. The van der Waals surface area contributed by atoms with Crippen molar-refractivity contribution < 1.29 is 22.0 Å². The van der Waals surface area contributed by atoms with Crippen molar-refractivity contribution in [3.63, 3.8) is 0 Å². The van der Waals surface area contributed by atoms with Gasteiger partial charge in [-0.1, -0.05) is 13.0 Å². The fourth-order valence-corrected chi connectivity index (χ4v) is 1.81. The van der Waals surface area contributed by atoms with E-state index >= 15 is 0 Å². The molecule has 0 spiro atoms. The van der Waals surface area contributed by atoms with Gasteiger partial charge in [0.25, 0.3) is 11.9 Å². The molecular weight excluding hydrogens is 265 g/mol. The lowest BCUT2D eigenvalue weighted by molar-refractivity contribution is 0.410. The molecule has 0 N–H and O–H groups in total. The highest BCUT2D eigenvalue weighted by molar-refractivity contribution is 5.68. The minimum atomic E-state index is -1.76. The number of aromatic nitrogens is 1. The SMILES string of the molecule is CCc1ccc(F)cc1-c1c(F)c(F)nc(F)c1F. The van der Waals surface area contributed by atoms with Crippen molar-refractivity contribution >= 4 is 0 Å². The Morgan fingerprint density at radius 3 is 2.05 bits per heavy atom. The van der Waals surface area contributed by atoms with E-state index in [-0.39, 0.29) is 5.56 Å². The van der Waals surface area contributed by atoms with Gasteiger partial charge in [-0.25, -0.2) is 13.2 Å². The molecular formula is C13H8F5N. The Kier molecular flexibility index (Phi) is 3.50. The fraction of sp³-hybridized carbons (Fsp3) is 0.154.